The largest absolute Gasteiger partial charge is 0.492 e. The van der Waals surface area contributed by atoms with Crippen LogP contribution in [0.3, 0.4) is 0 Å². The summed E-state index contributed by atoms with van der Waals surface area (Å²) < 4.78 is 53.5. The highest BCUT2D eigenvalue weighted by atomic mass is 32.2. The highest BCUT2D eigenvalue weighted by Gasteiger charge is 2.29. The van der Waals surface area contributed by atoms with Crippen molar-refractivity contribution in [3.05, 3.63) is 102 Å². The Balaban J connectivity index is 1.36. The molecule has 0 radical (unpaired) electrons. The molecule has 5 rings (SSSR count). The monoisotopic (exact) mass is 478 g/mol. The average Bonchev–Trinajstić information content (AvgIpc) is 3.06. The number of hydrogen-bond donors (Lipinski definition) is 0. The third-order valence-electron chi connectivity index (χ3n) is 5.71. The molecular formula is C26H23FN2O4S. The van der Waals surface area contributed by atoms with Crippen molar-refractivity contribution in [3.8, 4) is 5.75 Å². The Morgan fingerprint density at radius 1 is 0.971 bits per heavy atom. The van der Waals surface area contributed by atoms with Gasteiger partial charge in [0.15, 0.2) is 0 Å². The first-order chi connectivity index (χ1) is 16.5. The van der Waals surface area contributed by atoms with Gasteiger partial charge in [0.25, 0.3) is 0 Å². The Labute approximate surface area is 197 Å². The van der Waals surface area contributed by atoms with Crippen molar-refractivity contribution in [1.82, 2.24) is 9.29 Å². The fourth-order valence-electron chi connectivity index (χ4n) is 4.06. The zero-order valence-corrected chi connectivity index (χ0v) is 19.2. The van der Waals surface area contributed by atoms with Crippen LogP contribution in [-0.4, -0.2) is 30.9 Å². The molecule has 0 aliphatic carbocycles. The van der Waals surface area contributed by atoms with E-state index in [1.807, 2.05) is 30.3 Å². The van der Waals surface area contributed by atoms with Gasteiger partial charge in [-0.1, -0.05) is 36.4 Å². The van der Waals surface area contributed by atoms with Gasteiger partial charge in [0.2, 0.25) is 10.0 Å². The van der Waals surface area contributed by atoms with E-state index in [4.69, 9.17) is 9.47 Å². The molecule has 0 fully saturated rings. The molecule has 8 heteroatoms. The molecule has 0 bridgehead atoms. The SMILES string of the molecule is O=S(=O)(c1cccc2cccnc12)N1CCOc2ccc(COCc3cccc(F)c3)cc2C1. The van der Waals surface area contributed by atoms with Gasteiger partial charge < -0.3 is 9.47 Å². The highest BCUT2D eigenvalue weighted by Crippen LogP contribution is 2.30. The van der Waals surface area contributed by atoms with E-state index < -0.39 is 10.0 Å². The van der Waals surface area contributed by atoms with Crippen molar-refractivity contribution in [2.24, 2.45) is 0 Å². The first-order valence-corrected chi connectivity index (χ1v) is 12.4. The number of nitrogens with zero attached hydrogens (tertiary/aromatic N) is 2. The summed E-state index contributed by atoms with van der Waals surface area (Å²) in [5.41, 5.74) is 2.85. The standard InChI is InChI=1S/C26H23FN2O4S/c27-23-7-1-4-19(15-23)17-32-18-20-9-10-24-22(14-20)16-29(12-13-33-24)34(30,31)25-8-2-5-21-6-3-11-28-26(21)25/h1-11,14-15H,12-13,16-18H2. The molecule has 0 saturated carbocycles. The first kappa shape index (κ1) is 22.5. The van der Waals surface area contributed by atoms with Crippen LogP contribution in [0.15, 0.2) is 83.9 Å². The number of pyridine rings is 1. The molecule has 34 heavy (non-hydrogen) atoms. The van der Waals surface area contributed by atoms with Crippen LogP contribution in [0.25, 0.3) is 10.9 Å². The number of para-hydroxylation sites is 1. The van der Waals surface area contributed by atoms with Crippen molar-refractivity contribution in [2.45, 2.75) is 24.7 Å². The second-order valence-electron chi connectivity index (χ2n) is 8.08. The second-order valence-corrected chi connectivity index (χ2v) is 9.99. The van der Waals surface area contributed by atoms with Crippen LogP contribution in [0.2, 0.25) is 0 Å². The minimum Gasteiger partial charge on any atom is -0.492 e. The van der Waals surface area contributed by atoms with E-state index in [0.29, 0.717) is 17.9 Å². The molecule has 0 N–H and O–H groups in total. The molecule has 0 atom stereocenters. The Kier molecular flexibility index (Phi) is 6.28. The molecule has 1 aromatic heterocycles. The zero-order valence-electron chi connectivity index (χ0n) is 18.4. The van der Waals surface area contributed by atoms with Crippen molar-refractivity contribution < 1.29 is 22.3 Å². The van der Waals surface area contributed by atoms with Gasteiger partial charge in [0.05, 0.1) is 18.7 Å². The lowest BCUT2D eigenvalue weighted by molar-refractivity contribution is 0.107. The summed E-state index contributed by atoms with van der Waals surface area (Å²) in [6, 6.07) is 20.7. The van der Waals surface area contributed by atoms with Crippen LogP contribution in [0.4, 0.5) is 4.39 Å². The zero-order chi connectivity index (χ0) is 23.5. The van der Waals surface area contributed by atoms with E-state index in [0.717, 1.165) is 22.1 Å². The number of ether oxygens (including phenoxy) is 2. The molecular weight excluding hydrogens is 455 g/mol. The van der Waals surface area contributed by atoms with Gasteiger partial charge in [-0.2, -0.15) is 4.31 Å². The number of aromatic nitrogens is 1. The van der Waals surface area contributed by atoms with Crippen molar-refractivity contribution in [1.29, 1.82) is 0 Å². The number of rotatable bonds is 6. The Morgan fingerprint density at radius 2 is 1.76 bits per heavy atom. The van der Waals surface area contributed by atoms with Crippen LogP contribution < -0.4 is 4.74 Å². The first-order valence-electron chi connectivity index (χ1n) is 10.9. The number of benzene rings is 3. The predicted octanol–water partition coefficient (Wildman–Crippen LogP) is 4.67. The molecule has 1 aliphatic heterocycles. The average molecular weight is 479 g/mol. The lowest BCUT2D eigenvalue weighted by atomic mass is 10.1. The minimum atomic E-state index is -3.80. The van der Waals surface area contributed by atoms with Crippen LogP contribution in [0.1, 0.15) is 16.7 Å². The molecule has 0 amide bonds. The molecule has 0 unspecified atom stereocenters. The molecule has 3 aromatic carbocycles. The van der Waals surface area contributed by atoms with E-state index in [2.05, 4.69) is 4.98 Å². The number of fused-ring (bicyclic) bond motifs is 2. The van der Waals surface area contributed by atoms with Crippen LogP contribution in [0.5, 0.6) is 5.75 Å². The van der Waals surface area contributed by atoms with Crippen molar-refractivity contribution in [2.75, 3.05) is 13.2 Å². The predicted molar refractivity (Wildman–Crippen MR) is 126 cm³/mol. The van der Waals surface area contributed by atoms with E-state index >= 15 is 0 Å². The van der Waals surface area contributed by atoms with E-state index in [9.17, 15) is 12.8 Å². The second kappa shape index (κ2) is 9.50. The molecule has 0 saturated heterocycles. The Bertz CT molecular complexity index is 1440. The number of sulfonamides is 1. The van der Waals surface area contributed by atoms with E-state index in [1.165, 1.54) is 16.4 Å². The quantitative estimate of drug-likeness (QED) is 0.403. The van der Waals surface area contributed by atoms with Gasteiger partial charge in [-0.05, 0) is 47.5 Å². The molecule has 174 valence electrons. The van der Waals surface area contributed by atoms with Crippen LogP contribution in [0, 0.1) is 5.82 Å². The minimum absolute atomic E-state index is 0.179. The van der Waals surface area contributed by atoms with Crippen LogP contribution >= 0.6 is 0 Å². The summed E-state index contributed by atoms with van der Waals surface area (Å²) in [6.07, 6.45) is 1.60. The topological polar surface area (TPSA) is 68.7 Å². The summed E-state index contributed by atoms with van der Waals surface area (Å²) in [4.78, 5) is 4.50. The van der Waals surface area contributed by atoms with E-state index in [1.54, 1.807) is 36.5 Å². The number of halogens is 1. The molecule has 0 spiro atoms. The normalized spacial score (nSPS) is 14.4. The third kappa shape index (κ3) is 4.65. The fourth-order valence-corrected chi connectivity index (χ4v) is 5.62. The van der Waals surface area contributed by atoms with Gasteiger partial charge >= 0.3 is 0 Å². The molecule has 4 aromatic rings. The maximum atomic E-state index is 13.6. The van der Waals surface area contributed by atoms with Gasteiger partial charge in [0.1, 0.15) is 23.1 Å². The molecule has 6 nitrogen and oxygen atoms in total. The van der Waals surface area contributed by atoms with Crippen molar-refractivity contribution in [3.63, 3.8) is 0 Å². The van der Waals surface area contributed by atoms with E-state index in [-0.39, 0.29) is 37.0 Å². The highest BCUT2D eigenvalue weighted by molar-refractivity contribution is 7.89. The summed E-state index contributed by atoms with van der Waals surface area (Å²) in [7, 11) is -3.80. The summed E-state index contributed by atoms with van der Waals surface area (Å²) in [6.45, 7) is 1.24. The maximum Gasteiger partial charge on any atom is 0.245 e. The summed E-state index contributed by atoms with van der Waals surface area (Å²) in [5.74, 6) is 0.355. The Morgan fingerprint density at radius 3 is 2.62 bits per heavy atom. The third-order valence-corrected chi connectivity index (χ3v) is 7.59. The summed E-state index contributed by atoms with van der Waals surface area (Å²) in [5, 5.41) is 0.771. The molecule has 1 aliphatic rings. The lowest BCUT2D eigenvalue weighted by Gasteiger charge is -2.20. The summed E-state index contributed by atoms with van der Waals surface area (Å²) >= 11 is 0. The molecule has 2 heterocycles. The van der Waals surface area contributed by atoms with Gasteiger partial charge in [-0.15, -0.1) is 0 Å². The van der Waals surface area contributed by atoms with Crippen molar-refractivity contribution >= 4 is 20.9 Å². The van der Waals surface area contributed by atoms with Crippen LogP contribution in [-0.2, 0) is 34.5 Å². The number of hydrogen-bond acceptors (Lipinski definition) is 5. The maximum absolute atomic E-state index is 13.6. The Hall–Kier alpha value is -3.33. The van der Waals surface area contributed by atoms with Gasteiger partial charge in [-0.25, -0.2) is 12.8 Å². The fraction of sp³-hybridized carbons (Fsp3) is 0.192. The van der Waals surface area contributed by atoms with Gasteiger partial charge in [-0.3, -0.25) is 4.98 Å². The lowest BCUT2D eigenvalue weighted by Crippen LogP contribution is -2.32. The smallest absolute Gasteiger partial charge is 0.245 e. The van der Waals surface area contributed by atoms with Gasteiger partial charge in [0, 0.05) is 30.2 Å².